The Bertz CT molecular complexity index is 3490. The van der Waals surface area contributed by atoms with Crippen LogP contribution in [-0.2, 0) is 51.6 Å². The van der Waals surface area contributed by atoms with Gasteiger partial charge in [-0.05, 0) is 251 Å². The zero-order chi connectivity index (χ0) is 86.5. The van der Waals surface area contributed by atoms with Gasteiger partial charge < -0.3 is 34.3 Å². The number of rotatable bonds is 35. The quantitative estimate of drug-likeness (QED) is 0.0231. The van der Waals surface area contributed by atoms with Crippen LogP contribution >= 0.6 is 11.6 Å². The number of likely N-dealkylation sites (tertiary alicyclic amines) is 4. The summed E-state index contributed by atoms with van der Waals surface area (Å²) >= 11 is 6.07. The molecule has 0 amide bonds. The van der Waals surface area contributed by atoms with Gasteiger partial charge in [-0.15, -0.1) is 0 Å². The summed E-state index contributed by atoms with van der Waals surface area (Å²) < 4.78 is 74.1. The fourth-order valence-electron chi connectivity index (χ4n) is 17.3. The van der Waals surface area contributed by atoms with Crippen LogP contribution in [0.2, 0.25) is 5.02 Å². The molecule has 4 aromatic rings. The number of hydrogen-bond donors (Lipinski definition) is 3. The molecule has 4 saturated heterocycles. The maximum absolute atomic E-state index is 13.3. The topological polar surface area (TPSA) is 128 Å². The van der Waals surface area contributed by atoms with Crippen molar-refractivity contribution in [3.63, 3.8) is 0 Å². The number of alkyl halides is 3. The van der Waals surface area contributed by atoms with Crippen LogP contribution in [0.5, 0.6) is 0 Å². The van der Waals surface area contributed by atoms with E-state index in [4.69, 9.17) is 30.5 Å². The predicted octanol–water partition coefficient (Wildman–Crippen LogP) is 22.8. The lowest BCUT2D eigenvalue weighted by atomic mass is 9.77. The van der Waals surface area contributed by atoms with Crippen molar-refractivity contribution in [3.05, 3.63) is 188 Å². The lowest BCUT2D eigenvalue weighted by Crippen LogP contribution is -2.51. The molecule has 0 bridgehead atoms. The lowest BCUT2D eigenvalue weighted by molar-refractivity contribution is -0.167. The standard InChI is InChI=1S/C30H46F3NO2.C23H36ClNO2.C23H36FNO2.C23H37NO2/c1-8-9-14-29(36-27(35)20-23(4)5)15-17-34(18-16-29)26(19-22(2)3)21-28(6,7)24-10-12-25(13-11-24)30(31,32)33;2*1-18(2)16-21(17-22(3,4)19-6-8-20(24)9-7-19)25-13-10-23(26,11-14-25)12-15-27-5;1-19(2)17-21(18-22(3,4)20-9-7-6-8-10-20)24-14-11-23(25,12-15-24)13-16-26-5/h10-13,19,23,26H,8-9,14-18,20-21H2,1-7H3;2*6-9,16,21,26H,10-15,17H2,1-5H3;6-10,17,21,25H,11-16,18H2,1-5H3. The first kappa shape index (κ1) is 101. The van der Waals surface area contributed by atoms with Crippen molar-refractivity contribution in [1.29, 1.82) is 0 Å². The number of carbonyl (C=O) groups is 1. The Hall–Kier alpha value is -5.08. The van der Waals surface area contributed by atoms with Crippen LogP contribution in [-0.4, -0.2) is 181 Å². The van der Waals surface area contributed by atoms with Crippen molar-refractivity contribution < 1.29 is 56.6 Å². The molecule has 8 rings (SSSR count). The number of benzene rings is 4. The molecule has 3 N–H and O–H groups in total. The number of halogens is 5. The maximum atomic E-state index is 13.3. The van der Waals surface area contributed by atoms with E-state index >= 15 is 0 Å². The number of piperidine rings is 4. The zero-order valence-corrected chi connectivity index (χ0v) is 76.5. The summed E-state index contributed by atoms with van der Waals surface area (Å²) in [5.41, 5.74) is 7.03. The van der Waals surface area contributed by atoms with Crippen LogP contribution in [0.1, 0.15) is 281 Å². The van der Waals surface area contributed by atoms with Crippen LogP contribution in [0.15, 0.2) is 150 Å². The number of allylic oxidation sites excluding steroid dienone is 4. The second kappa shape index (κ2) is 46.8. The first-order chi connectivity index (χ1) is 54.2. The van der Waals surface area contributed by atoms with Crippen molar-refractivity contribution >= 4 is 17.6 Å². The lowest BCUT2D eigenvalue weighted by Gasteiger charge is -2.45. The Kier molecular flexibility index (Phi) is 40.9. The number of aliphatic hydroxyl groups is 3. The maximum Gasteiger partial charge on any atom is 0.416 e. The van der Waals surface area contributed by atoms with Crippen LogP contribution in [0.25, 0.3) is 0 Å². The van der Waals surface area contributed by atoms with Gasteiger partial charge in [-0.3, -0.25) is 24.4 Å². The molecule has 4 heterocycles. The molecule has 0 spiro atoms. The summed E-state index contributed by atoms with van der Waals surface area (Å²) in [4.78, 5) is 22.6. The summed E-state index contributed by atoms with van der Waals surface area (Å²) in [5, 5.41) is 33.1. The van der Waals surface area contributed by atoms with Gasteiger partial charge >= 0.3 is 12.1 Å². The van der Waals surface area contributed by atoms with Gasteiger partial charge in [0.2, 0.25) is 0 Å². The third-order valence-electron chi connectivity index (χ3n) is 24.8. The molecule has 4 aromatic carbocycles. The summed E-state index contributed by atoms with van der Waals surface area (Å²) in [7, 11) is 5.08. The van der Waals surface area contributed by atoms with E-state index in [0.29, 0.717) is 50.8 Å². The molecule has 0 saturated carbocycles. The SMILES string of the molecule is CCCCC1(OC(=O)CC(C)C)CCN(C(C=C(C)C)CC(C)(C)c2ccc(C(F)(F)F)cc2)CC1.COCCC1(O)CCN(C(C=C(C)C)CC(C)(C)c2ccc(Cl)cc2)CC1.COCCC1(O)CCN(C(C=C(C)C)CC(C)(C)c2ccc(F)cc2)CC1.COCCC1(O)CCN(C(C=C(C)C)CC(C)(C)c2ccccc2)CC1. The number of ether oxygens (including phenoxy) is 4. The van der Waals surface area contributed by atoms with Crippen LogP contribution in [0.3, 0.4) is 0 Å². The highest BCUT2D eigenvalue weighted by Crippen LogP contribution is 2.42. The third kappa shape index (κ3) is 34.4. The van der Waals surface area contributed by atoms with E-state index in [2.05, 4.69) is 204 Å². The molecule has 116 heavy (non-hydrogen) atoms. The Morgan fingerprint density at radius 2 is 0.716 bits per heavy atom. The highest BCUT2D eigenvalue weighted by Gasteiger charge is 2.43. The van der Waals surface area contributed by atoms with E-state index in [-0.39, 0.29) is 45.4 Å². The number of unbranched alkanes of at least 4 members (excludes halogenated alkanes) is 1. The molecule has 17 heteroatoms. The van der Waals surface area contributed by atoms with Crippen molar-refractivity contribution in [2.75, 3.05) is 93.5 Å². The average molecular weight is 1640 g/mol. The van der Waals surface area contributed by atoms with Gasteiger partial charge in [0.05, 0.1) is 22.4 Å². The first-order valence-electron chi connectivity index (χ1n) is 43.4. The van der Waals surface area contributed by atoms with Crippen molar-refractivity contribution in [2.24, 2.45) is 5.92 Å². The summed E-state index contributed by atoms with van der Waals surface area (Å²) in [6.45, 7) is 50.3. The number of carbonyl (C=O) groups excluding carboxylic acids is 1. The molecule has 4 atom stereocenters. The van der Waals surface area contributed by atoms with Crippen molar-refractivity contribution in [2.45, 2.75) is 328 Å². The number of esters is 1. The van der Waals surface area contributed by atoms with Gasteiger partial charge in [0.25, 0.3) is 0 Å². The van der Waals surface area contributed by atoms with Crippen LogP contribution in [0.4, 0.5) is 17.6 Å². The van der Waals surface area contributed by atoms with E-state index in [1.807, 2.05) is 38.1 Å². The Morgan fingerprint density at radius 3 is 0.991 bits per heavy atom. The Balaban J connectivity index is 0.000000278. The third-order valence-corrected chi connectivity index (χ3v) is 25.0. The molecule has 4 unspecified atom stereocenters. The van der Waals surface area contributed by atoms with Gasteiger partial charge in [-0.2, -0.15) is 13.2 Å². The molecule has 4 aliphatic heterocycles. The smallest absolute Gasteiger partial charge is 0.416 e. The number of hydrogen-bond acceptors (Lipinski definition) is 12. The largest absolute Gasteiger partial charge is 0.459 e. The van der Waals surface area contributed by atoms with Gasteiger partial charge in [-0.25, -0.2) is 4.39 Å². The fraction of sp³-hybridized carbons (Fsp3) is 0.667. The number of methoxy groups -OCH3 is 3. The van der Waals surface area contributed by atoms with Crippen molar-refractivity contribution in [3.8, 4) is 0 Å². The Morgan fingerprint density at radius 1 is 0.440 bits per heavy atom. The molecular weight excluding hydrogens is 1480 g/mol. The minimum absolute atomic E-state index is 0.0466. The van der Waals surface area contributed by atoms with Crippen LogP contribution < -0.4 is 0 Å². The monoisotopic (exact) mass is 1640 g/mol. The van der Waals surface area contributed by atoms with Gasteiger partial charge in [0, 0.05) is 129 Å². The minimum Gasteiger partial charge on any atom is -0.459 e. The normalized spacial score (nSPS) is 18.6. The van der Waals surface area contributed by atoms with Gasteiger partial charge in [0.1, 0.15) is 11.4 Å². The molecule has 4 fully saturated rings. The molecular formula is C99H155ClF4N4O8. The highest BCUT2D eigenvalue weighted by atomic mass is 35.5. The second-order valence-corrected chi connectivity index (χ2v) is 38.9. The van der Waals surface area contributed by atoms with E-state index in [0.717, 1.165) is 178 Å². The molecule has 0 aliphatic carbocycles. The number of nitrogens with zero attached hydrogens (tertiary/aromatic N) is 4. The molecule has 12 nitrogen and oxygen atoms in total. The van der Waals surface area contributed by atoms with Crippen LogP contribution in [0, 0.1) is 11.7 Å². The zero-order valence-electron chi connectivity index (χ0n) is 75.8. The fourth-order valence-corrected chi connectivity index (χ4v) is 17.4. The summed E-state index contributed by atoms with van der Waals surface area (Å²) in [6.07, 6.45) is 21.0. The Labute approximate surface area is 705 Å². The van der Waals surface area contributed by atoms with Gasteiger partial charge in [0.15, 0.2) is 0 Å². The van der Waals surface area contributed by atoms with E-state index in [9.17, 15) is 37.7 Å². The van der Waals surface area contributed by atoms with E-state index in [1.54, 1.807) is 45.6 Å². The van der Waals surface area contributed by atoms with E-state index in [1.165, 1.54) is 45.6 Å². The summed E-state index contributed by atoms with van der Waals surface area (Å²) in [5.74, 6) is -0.0177. The second-order valence-electron chi connectivity index (χ2n) is 38.5. The highest BCUT2D eigenvalue weighted by molar-refractivity contribution is 6.30. The molecule has 654 valence electrons. The molecule has 0 radical (unpaired) electrons. The minimum atomic E-state index is -4.33. The van der Waals surface area contributed by atoms with Crippen molar-refractivity contribution in [1.82, 2.24) is 19.6 Å². The summed E-state index contributed by atoms with van der Waals surface area (Å²) in [6, 6.07) is 32.8. The van der Waals surface area contributed by atoms with Gasteiger partial charge in [-0.1, -0.05) is 208 Å². The average Bonchev–Trinajstić information content (AvgIpc) is 0.817. The predicted molar refractivity (Wildman–Crippen MR) is 475 cm³/mol. The van der Waals surface area contributed by atoms with E-state index < -0.39 is 34.1 Å². The molecule has 0 aromatic heterocycles. The first-order valence-corrected chi connectivity index (χ1v) is 43.8. The molecule has 4 aliphatic rings.